The number of amides is 1. The van der Waals surface area contributed by atoms with E-state index in [4.69, 9.17) is 0 Å². The molecule has 0 fully saturated rings. The minimum Gasteiger partial charge on any atom is -0.273 e. The van der Waals surface area contributed by atoms with Crippen LogP contribution in [0.25, 0.3) is 0 Å². The molecule has 3 aromatic rings. The summed E-state index contributed by atoms with van der Waals surface area (Å²) in [5, 5.41) is 0.730. The van der Waals surface area contributed by atoms with Gasteiger partial charge in [0.15, 0.2) is 5.13 Å². The predicted octanol–water partition coefficient (Wildman–Crippen LogP) is 5.72. The summed E-state index contributed by atoms with van der Waals surface area (Å²) in [7, 11) is 0. The first-order valence-corrected chi connectivity index (χ1v) is 9.97. The Bertz CT molecular complexity index is 816. The van der Waals surface area contributed by atoms with Crippen LogP contribution in [0.2, 0.25) is 0 Å². The van der Waals surface area contributed by atoms with Gasteiger partial charge >= 0.3 is 0 Å². The van der Waals surface area contributed by atoms with E-state index in [1.807, 2.05) is 66.9 Å². The summed E-state index contributed by atoms with van der Waals surface area (Å²) < 4.78 is 0. The Morgan fingerprint density at radius 2 is 1.72 bits per heavy atom. The lowest BCUT2D eigenvalue weighted by atomic mass is 10.2. The highest BCUT2D eigenvalue weighted by molar-refractivity contribution is 8.00. The number of anilines is 2. The van der Waals surface area contributed by atoms with Crippen LogP contribution in [0.1, 0.15) is 24.6 Å². The van der Waals surface area contributed by atoms with E-state index in [0.717, 1.165) is 15.7 Å². The minimum absolute atomic E-state index is 0.0321. The lowest BCUT2D eigenvalue weighted by molar-refractivity contribution is -0.115. The van der Waals surface area contributed by atoms with E-state index in [1.165, 1.54) is 4.88 Å². The summed E-state index contributed by atoms with van der Waals surface area (Å²) in [5.41, 5.74) is 0.853. The molecule has 0 radical (unpaired) electrons. The molecule has 3 rings (SSSR count). The number of benzene rings is 2. The molecule has 0 unspecified atom stereocenters. The molecule has 2 aromatic carbocycles. The van der Waals surface area contributed by atoms with E-state index in [2.05, 4.69) is 18.8 Å². The first-order chi connectivity index (χ1) is 12.1. The number of aromatic nitrogens is 1. The summed E-state index contributed by atoms with van der Waals surface area (Å²) in [6.45, 7) is 4.27. The van der Waals surface area contributed by atoms with Crippen molar-refractivity contribution in [3.63, 3.8) is 0 Å². The molecule has 128 valence electrons. The fourth-order valence-corrected chi connectivity index (χ4v) is 4.04. The maximum atomic E-state index is 13.0. The van der Waals surface area contributed by atoms with E-state index >= 15 is 0 Å². The van der Waals surface area contributed by atoms with Gasteiger partial charge in [-0.2, -0.15) is 0 Å². The maximum absolute atomic E-state index is 13.0. The van der Waals surface area contributed by atoms with E-state index in [9.17, 15) is 4.79 Å². The molecule has 5 heteroatoms. The highest BCUT2D eigenvalue weighted by atomic mass is 32.2. The smallest absolute Gasteiger partial charge is 0.243 e. The molecule has 0 aliphatic carbocycles. The second-order valence-electron chi connectivity index (χ2n) is 5.87. The van der Waals surface area contributed by atoms with Gasteiger partial charge in [-0.25, -0.2) is 4.98 Å². The fourth-order valence-electron chi connectivity index (χ4n) is 2.31. The molecule has 3 nitrogen and oxygen atoms in total. The molecular formula is C20H20N2OS2. The maximum Gasteiger partial charge on any atom is 0.243 e. The van der Waals surface area contributed by atoms with Crippen molar-refractivity contribution in [1.82, 2.24) is 4.98 Å². The summed E-state index contributed by atoms with van der Waals surface area (Å²) in [6.07, 6.45) is 1.87. The van der Waals surface area contributed by atoms with Crippen LogP contribution in [-0.2, 0) is 4.79 Å². The number of nitrogens with zero attached hydrogens (tertiary/aromatic N) is 2. The molecular weight excluding hydrogens is 348 g/mol. The fraction of sp³-hybridized carbons (Fsp3) is 0.200. The standard InChI is InChI=1S/C20H20N2OS2/c1-15(2)18-13-21-20(25-18)22(16-9-5-3-6-10-16)19(23)14-24-17-11-7-4-8-12-17/h3-13,15H,14H2,1-2H3. The molecule has 1 amide bonds. The van der Waals surface area contributed by atoms with Gasteiger partial charge in [0.05, 0.1) is 11.4 Å². The summed E-state index contributed by atoms with van der Waals surface area (Å²) >= 11 is 3.12. The van der Waals surface area contributed by atoms with Crippen molar-refractivity contribution in [3.05, 3.63) is 71.7 Å². The SMILES string of the molecule is CC(C)c1cnc(N(C(=O)CSc2ccccc2)c2ccccc2)s1. The predicted molar refractivity (Wildman–Crippen MR) is 107 cm³/mol. The summed E-state index contributed by atoms with van der Waals surface area (Å²) in [4.78, 5) is 21.5. The van der Waals surface area contributed by atoms with Crippen LogP contribution in [0.3, 0.4) is 0 Å². The van der Waals surface area contributed by atoms with Crippen LogP contribution in [0.15, 0.2) is 71.8 Å². The van der Waals surface area contributed by atoms with Crippen LogP contribution in [0.4, 0.5) is 10.8 Å². The highest BCUT2D eigenvalue weighted by Gasteiger charge is 2.21. The van der Waals surface area contributed by atoms with Crippen molar-refractivity contribution in [2.45, 2.75) is 24.7 Å². The van der Waals surface area contributed by atoms with Gasteiger partial charge < -0.3 is 0 Å². The second-order valence-corrected chi connectivity index (χ2v) is 7.96. The lowest BCUT2D eigenvalue weighted by Crippen LogP contribution is -2.27. The Morgan fingerprint density at radius 1 is 1.08 bits per heavy atom. The number of hydrogen-bond donors (Lipinski definition) is 0. The molecule has 1 heterocycles. The Hall–Kier alpha value is -2.11. The van der Waals surface area contributed by atoms with Gasteiger partial charge in [-0.1, -0.05) is 50.2 Å². The molecule has 0 aliphatic heterocycles. The molecule has 0 atom stereocenters. The van der Waals surface area contributed by atoms with E-state index in [-0.39, 0.29) is 5.91 Å². The van der Waals surface area contributed by atoms with Gasteiger partial charge in [-0.3, -0.25) is 9.69 Å². The van der Waals surface area contributed by atoms with Crippen molar-refractivity contribution in [2.24, 2.45) is 0 Å². The Kier molecular flexibility index (Phi) is 5.89. The number of hydrogen-bond acceptors (Lipinski definition) is 4. The van der Waals surface area contributed by atoms with Crippen LogP contribution in [-0.4, -0.2) is 16.6 Å². The zero-order valence-electron chi connectivity index (χ0n) is 14.3. The minimum atomic E-state index is 0.0321. The first kappa shape index (κ1) is 17.7. The number of rotatable bonds is 6. The zero-order chi connectivity index (χ0) is 17.6. The van der Waals surface area contributed by atoms with Gasteiger partial charge in [0.25, 0.3) is 0 Å². The highest BCUT2D eigenvalue weighted by Crippen LogP contribution is 2.33. The van der Waals surface area contributed by atoms with Crippen LogP contribution in [0, 0.1) is 0 Å². The molecule has 0 N–H and O–H groups in total. The molecule has 0 saturated heterocycles. The average molecular weight is 369 g/mol. The second kappa shape index (κ2) is 8.32. The lowest BCUT2D eigenvalue weighted by Gasteiger charge is -2.20. The summed E-state index contributed by atoms with van der Waals surface area (Å²) in [5.74, 6) is 0.803. The van der Waals surface area contributed by atoms with Gasteiger partial charge in [0.1, 0.15) is 0 Å². The number of carbonyl (C=O) groups is 1. The van der Waals surface area contributed by atoms with E-state index in [1.54, 1.807) is 28.0 Å². The first-order valence-electron chi connectivity index (χ1n) is 8.16. The third-order valence-electron chi connectivity index (χ3n) is 3.64. The third kappa shape index (κ3) is 4.50. The molecule has 1 aromatic heterocycles. The van der Waals surface area contributed by atoms with Crippen molar-refractivity contribution < 1.29 is 4.79 Å². The van der Waals surface area contributed by atoms with Crippen molar-refractivity contribution >= 4 is 39.8 Å². The van der Waals surface area contributed by atoms with Gasteiger partial charge in [0.2, 0.25) is 5.91 Å². The van der Waals surface area contributed by atoms with Crippen molar-refractivity contribution in [1.29, 1.82) is 0 Å². The number of carbonyl (C=O) groups excluding carboxylic acids is 1. The Morgan fingerprint density at radius 3 is 2.32 bits per heavy atom. The summed E-state index contributed by atoms with van der Waals surface area (Å²) in [6, 6.07) is 19.7. The van der Waals surface area contributed by atoms with Crippen molar-refractivity contribution in [2.75, 3.05) is 10.7 Å². The van der Waals surface area contributed by atoms with Gasteiger partial charge in [-0.05, 0) is 30.2 Å². The molecule has 0 saturated carbocycles. The average Bonchev–Trinajstić information content (AvgIpc) is 3.12. The topological polar surface area (TPSA) is 33.2 Å². The van der Waals surface area contributed by atoms with E-state index in [0.29, 0.717) is 11.7 Å². The number of thioether (sulfide) groups is 1. The molecule has 0 spiro atoms. The van der Waals surface area contributed by atoms with Crippen LogP contribution < -0.4 is 4.90 Å². The quantitative estimate of drug-likeness (QED) is 0.521. The van der Waals surface area contributed by atoms with Crippen LogP contribution in [0.5, 0.6) is 0 Å². The van der Waals surface area contributed by atoms with Gasteiger partial charge in [0, 0.05) is 16.0 Å². The normalized spacial score (nSPS) is 10.8. The Balaban J connectivity index is 1.84. The van der Waals surface area contributed by atoms with Crippen molar-refractivity contribution in [3.8, 4) is 0 Å². The van der Waals surface area contributed by atoms with Crippen LogP contribution >= 0.6 is 23.1 Å². The Labute approximate surface area is 156 Å². The third-order valence-corrected chi connectivity index (χ3v) is 5.92. The number of para-hydroxylation sites is 1. The van der Waals surface area contributed by atoms with Gasteiger partial charge in [-0.15, -0.1) is 23.1 Å². The van der Waals surface area contributed by atoms with E-state index < -0.39 is 0 Å². The monoisotopic (exact) mass is 368 g/mol. The molecule has 0 aliphatic rings. The molecule has 0 bridgehead atoms. The molecule has 25 heavy (non-hydrogen) atoms. The zero-order valence-corrected chi connectivity index (χ0v) is 15.9. The largest absolute Gasteiger partial charge is 0.273 e. The number of thiazole rings is 1.